The van der Waals surface area contributed by atoms with Gasteiger partial charge in [0.05, 0.1) is 0 Å². The lowest BCUT2D eigenvalue weighted by atomic mass is 9.96. The summed E-state index contributed by atoms with van der Waals surface area (Å²) < 4.78 is 10.7. The molecule has 0 fully saturated rings. The van der Waals surface area contributed by atoms with E-state index < -0.39 is 5.60 Å². The summed E-state index contributed by atoms with van der Waals surface area (Å²) in [5, 5.41) is 8.39. The van der Waals surface area contributed by atoms with Gasteiger partial charge in [0.1, 0.15) is 5.60 Å². The van der Waals surface area contributed by atoms with E-state index in [4.69, 9.17) is 9.39 Å². The van der Waals surface area contributed by atoms with Gasteiger partial charge in [-0.05, 0) is 79.9 Å². The molecule has 0 aromatic heterocycles. The van der Waals surface area contributed by atoms with Crippen molar-refractivity contribution >= 4 is 35.3 Å². The Morgan fingerprint density at radius 2 is 1.56 bits per heavy atom. The fourth-order valence-electron chi connectivity index (χ4n) is 4.53. The first-order valence-corrected chi connectivity index (χ1v) is 13.1. The first kappa shape index (κ1) is 28.0. The Bertz CT molecular complexity index is 1060. The Morgan fingerprint density at radius 1 is 0.944 bits per heavy atom. The number of hydrogen-bond donors (Lipinski definition) is 1. The summed E-state index contributed by atoms with van der Waals surface area (Å²) in [5.74, 6) is 0. The molecule has 3 rings (SSSR count). The molecule has 0 unspecified atom stereocenters. The maximum absolute atomic E-state index is 12.9. The summed E-state index contributed by atoms with van der Waals surface area (Å²) in [7, 11) is 2.18. The van der Waals surface area contributed by atoms with Crippen LogP contribution >= 0.6 is 0 Å². The largest absolute Gasteiger partial charge is 0.444 e. The molecule has 0 aliphatic rings. The number of benzene rings is 3. The van der Waals surface area contributed by atoms with Gasteiger partial charge in [-0.2, -0.15) is 0 Å². The Morgan fingerprint density at radius 3 is 2.14 bits per heavy atom. The van der Waals surface area contributed by atoms with E-state index in [9.17, 15) is 4.79 Å². The number of hydrogen-bond acceptors (Lipinski definition) is 5. The van der Waals surface area contributed by atoms with Gasteiger partial charge in [-0.3, -0.25) is 4.90 Å². The van der Waals surface area contributed by atoms with E-state index in [-0.39, 0.29) is 6.09 Å². The fourth-order valence-corrected chi connectivity index (χ4v) is 4.53. The number of nitrogens with zero attached hydrogens (tertiary/aromatic N) is 2. The number of rotatable bonds is 13. The lowest BCUT2D eigenvalue weighted by molar-refractivity contribution is 0.0241. The van der Waals surface area contributed by atoms with Crippen LogP contribution in [-0.4, -0.2) is 68.9 Å². The Labute approximate surface area is 217 Å². The number of carbonyl (C=O) groups is 1. The summed E-state index contributed by atoms with van der Waals surface area (Å²) in [5.41, 5.74) is 0.868. The predicted molar refractivity (Wildman–Crippen MR) is 152 cm³/mol. The van der Waals surface area contributed by atoms with Gasteiger partial charge in [-0.1, -0.05) is 55.5 Å². The zero-order chi connectivity index (χ0) is 26.0. The minimum atomic E-state index is -0.505. The number of fused-ring (bicyclic) bond motifs is 2. The molecule has 0 saturated heterocycles. The van der Waals surface area contributed by atoms with Gasteiger partial charge in [0, 0.05) is 33.3 Å². The van der Waals surface area contributed by atoms with Crippen LogP contribution in [0.1, 0.15) is 46.1 Å². The second kappa shape index (κ2) is 13.6. The van der Waals surface area contributed by atoms with Crippen LogP contribution < -0.4 is 5.23 Å². The van der Waals surface area contributed by atoms with Crippen LogP contribution in [0.25, 0.3) is 21.5 Å². The third-order valence-corrected chi connectivity index (χ3v) is 6.29. The molecule has 194 valence electrons. The SMILES string of the molecule is CCN(CCCN(CCCNBOC)C(=O)OC(C)(C)C)Cc1c2ccccc2cc2ccccc12. The number of nitrogens with one attached hydrogen (secondary N) is 1. The Balaban J connectivity index is 1.67. The molecule has 0 aliphatic heterocycles. The van der Waals surface area contributed by atoms with Crippen molar-refractivity contribution in [3.05, 3.63) is 60.2 Å². The van der Waals surface area contributed by atoms with Gasteiger partial charge in [0.25, 0.3) is 0 Å². The van der Waals surface area contributed by atoms with Gasteiger partial charge in [-0.15, -0.1) is 0 Å². The molecule has 1 amide bonds. The van der Waals surface area contributed by atoms with Crippen molar-refractivity contribution in [2.24, 2.45) is 0 Å². The topological polar surface area (TPSA) is 54.0 Å². The molecule has 3 aromatic carbocycles. The van der Waals surface area contributed by atoms with Crippen LogP contribution in [0.3, 0.4) is 0 Å². The monoisotopic (exact) mass is 491 g/mol. The molecule has 0 spiro atoms. The zero-order valence-corrected chi connectivity index (χ0v) is 22.7. The van der Waals surface area contributed by atoms with Gasteiger partial charge in [0.15, 0.2) is 0 Å². The van der Waals surface area contributed by atoms with Crippen molar-refractivity contribution in [1.82, 2.24) is 15.0 Å². The van der Waals surface area contributed by atoms with Crippen LogP contribution in [-0.2, 0) is 15.9 Å². The lowest BCUT2D eigenvalue weighted by Crippen LogP contribution is -2.40. The molecule has 36 heavy (non-hydrogen) atoms. The summed E-state index contributed by atoms with van der Waals surface area (Å²) in [6.45, 7) is 12.8. The molecule has 0 radical (unpaired) electrons. The Kier molecular flexibility index (Phi) is 10.6. The standard InChI is InChI=1S/C29H42BN3O3/c1-6-32(18-12-20-33(19-11-17-31-30-35-5)28(34)36-29(2,3)4)22-27-25-15-9-7-13-23(25)21-24-14-8-10-16-26(24)27/h7-10,13-16,21,30-31H,6,11-12,17-20,22H2,1-5H3. The maximum Gasteiger partial charge on any atom is 0.410 e. The van der Waals surface area contributed by atoms with E-state index in [1.807, 2.05) is 25.7 Å². The molecule has 1 N–H and O–H groups in total. The summed E-state index contributed by atoms with van der Waals surface area (Å²) >= 11 is 0. The molecular weight excluding hydrogens is 449 g/mol. The predicted octanol–water partition coefficient (Wildman–Crippen LogP) is 5.33. The average molecular weight is 491 g/mol. The second-order valence-electron chi connectivity index (χ2n) is 10.3. The number of carbonyl (C=O) groups excluding carboxylic acids is 1. The molecule has 0 saturated carbocycles. The van der Waals surface area contributed by atoms with Crippen molar-refractivity contribution in [1.29, 1.82) is 0 Å². The fraction of sp³-hybridized carbons (Fsp3) is 0.483. The molecular formula is C29H42BN3O3. The molecule has 0 atom stereocenters. The van der Waals surface area contributed by atoms with Crippen molar-refractivity contribution in [2.45, 2.75) is 52.7 Å². The maximum atomic E-state index is 12.9. The molecule has 0 bridgehead atoms. The van der Waals surface area contributed by atoms with E-state index >= 15 is 0 Å². The van der Waals surface area contributed by atoms with E-state index in [2.05, 4.69) is 71.6 Å². The van der Waals surface area contributed by atoms with Crippen LogP contribution in [0.5, 0.6) is 0 Å². The summed E-state index contributed by atoms with van der Waals surface area (Å²) in [4.78, 5) is 17.2. The lowest BCUT2D eigenvalue weighted by Gasteiger charge is -2.29. The quantitative estimate of drug-likeness (QED) is 0.199. The average Bonchev–Trinajstić information content (AvgIpc) is 2.85. The van der Waals surface area contributed by atoms with Gasteiger partial charge in [-0.25, -0.2) is 4.79 Å². The number of amides is 1. The molecule has 0 aliphatic carbocycles. The minimum absolute atomic E-state index is 0.239. The first-order chi connectivity index (χ1) is 17.3. The normalized spacial score (nSPS) is 11.8. The van der Waals surface area contributed by atoms with Gasteiger partial charge >= 0.3 is 13.7 Å². The molecule has 6 nitrogen and oxygen atoms in total. The van der Waals surface area contributed by atoms with Crippen molar-refractivity contribution in [3.8, 4) is 0 Å². The Hall–Kier alpha value is -2.61. The van der Waals surface area contributed by atoms with Gasteiger partial charge in [0.2, 0.25) is 0 Å². The van der Waals surface area contributed by atoms with E-state index in [1.54, 1.807) is 7.11 Å². The van der Waals surface area contributed by atoms with Crippen LogP contribution in [0.2, 0.25) is 0 Å². The van der Waals surface area contributed by atoms with E-state index in [1.165, 1.54) is 27.1 Å². The van der Waals surface area contributed by atoms with Gasteiger partial charge < -0.3 is 19.5 Å². The van der Waals surface area contributed by atoms with Crippen LogP contribution in [0.15, 0.2) is 54.6 Å². The highest BCUT2D eigenvalue weighted by Crippen LogP contribution is 2.29. The third kappa shape index (κ3) is 8.22. The zero-order valence-electron chi connectivity index (χ0n) is 22.7. The minimum Gasteiger partial charge on any atom is -0.444 e. The highest BCUT2D eigenvalue weighted by atomic mass is 16.6. The molecule has 0 heterocycles. The molecule has 3 aromatic rings. The first-order valence-electron chi connectivity index (χ1n) is 13.1. The second-order valence-corrected chi connectivity index (χ2v) is 10.3. The summed E-state index contributed by atoms with van der Waals surface area (Å²) in [6, 6.07) is 19.6. The van der Waals surface area contributed by atoms with Crippen molar-refractivity contribution in [2.75, 3.05) is 39.8 Å². The van der Waals surface area contributed by atoms with Crippen molar-refractivity contribution < 1.29 is 14.2 Å². The van der Waals surface area contributed by atoms with E-state index in [0.29, 0.717) is 20.7 Å². The number of ether oxygens (including phenoxy) is 1. The van der Waals surface area contributed by atoms with Crippen molar-refractivity contribution in [3.63, 3.8) is 0 Å². The third-order valence-electron chi connectivity index (χ3n) is 6.29. The summed E-state index contributed by atoms with van der Waals surface area (Å²) in [6.07, 6.45) is 1.50. The smallest absolute Gasteiger partial charge is 0.410 e. The van der Waals surface area contributed by atoms with Crippen LogP contribution in [0, 0.1) is 0 Å². The van der Waals surface area contributed by atoms with E-state index in [0.717, 1.165) is 39.0 Å². The van der Waals surface area contributed by atoms with Crippen LogP contribution in [0.4, 0.5) is 4.79 Å². The highest BCUT2D eigenvalue weighted by molar-refractivity contribution is 6.23. The molecule has 7 heteroatoms. The highest BCUT2D eigenvalue weighted by Gasteiger charge is 2.22.